The number of fused-ring (bicyclic) bond motifs is 1. The first-order chi connectivity index (χ1) is 12.7. The molecule has 5 nitrogen and oxygen atoms in total. The smallest absolute Gasteiger partial charge is 0.244 e. The summed E-state index contributed by atoms with van der Waals surface area (Å²) in [5, 5.41) is 8.90. The van der Waals surface area contributed by atoms with Gasteiger partial charge < -0.3 is 9.88 Å². The van der Waals surface area contributed by atoms with Gasteiger partial charge in [0.1, 0.15) is 6.54 Å². The van der Waals surface area contributed by atoms with E-state index in [4.69, 9.17) is 11.6 Å². The summed E-state index contributed by atoms with van der Waals surface area (Å²) in [4.78, 5) is 12.4. The number of hydrogen-bond donors (Lipinski definition) is 1. The van der Waals surface area contributed by atoms with Crippen molar-refractivity contribution >= 4 is 34.1 Å². The number of amides is 1. The summed E-state index contributed by atoms with van der Waals surface area (Å²) in [6.07, 6.45) is 5.38. The Bertz CT molecular complexity index is 1050. The highest BCUT2D eigenvalue weighted by molar-refractivity contribution is 6.31. The summed E-state index contributed by atoms with van der Waals surface area (Å²) in [5.41, 5.74) is 2.78. The number of nitrogens with one attached hydrogen (secondary N) is 1. The van der Waals surface area contributed by atoms with Gasteiger partial charge in [-0.15, -0.1) is 0 Å². The van der Waals surface area contributed by atoms with Gasteiger partial charge in [-0.05, 0) is 29.1 Å². The molecule has 0 aliphatic rings. The summed E-state index contributed by atoms with van der Waals surface area (Å²) in [6, 6.07) is 17.7. The quantitative estimate of drug-likeness (QED) is 0.577. The van der Waals surface area contributed by atoms with Crippen molar-refractivity contribution < 1.29 is 4.79 Å². The molecule has 0 saturated carbocycles. The first-order valence-corrected chi connectivity index (χ1v) is 8.66. The lowest BCUT2D eigenvalue weighted by Crippen LogP contribution is -2.17. The van der Waals surface area contributed by atoms with E-state index in [-0.39, 0.29) is 12.5 Å². The normalized spacial score (nSPS) is 11.0. The molecule has 6 heteroatoms. The zero-order chi connectivity index (χ0) is 17.9. The monoisotopic (exact) mass is 364 g/mol. The first-order valence-electron chi connectivity index (χ1n) is 8.28. The van der Waals surface area contributed by atoms with Crippen LogP contribution in [0.1, 0.15) is 5.56 Å². The molecule has 0 aliphatic carbocycles. The molecule has 0 fully saturated rings. The van der Waals surface area contributed by atoms with Crippen molar-refractivity contribution in [1.29, 1.82) is 0 Å². The Morgan fingerprint density at radius 3 is 2.81 bits per heavy atom. The summed E-state index contributed by atoms with van der Waals surface area (Å²) < 4.78 is 3.68. The van der Waals surface area contributed by atoms with E-state index in [9.17, 15) is 4.79 Å². The zero-order valence-corrected chi connectivity index (χ0v) is 14.7. The average molecular weight is 365 g/mol. The zero-order valence-electron chi connectivity index (χ0n) is 14.0. The molecule has 0 bridgehead atoms. The molecule has 130 valence electrons. The van der Waals surface area contributed by atoms with Gasteiger partial charge in [0, 0.05) is 22.9 Å². The maximum Gasteiger partial charge on any atom is 0.244 e. The number of carbonyl (C=O) groups is 1. The van der Waals surface area contributed by atoms with Crippen molar-refractivity contribution in [3.63, 3.8) is 0 Å². The maximum atomic E-state index is 12.4. The minimum Gasteiger partial charge on any atom is -0.338 e. The van der Waals surface area contributed by atoms with Crippen LogP contribution in [0.5, 0.6) is 0 Å². The molecule has 0 aliphatic heterocycles. The molecule has 26 heavy (non-hydrogen) atoms. The molecule has 0 unspecified atom stereocenters. The molecule has 0 radical (unpaired) electrons. The minimum atomic E-state index is -0.110. The van der Waals surface area contributed by atoms with Crippen molar-refractivity contribution in [2.75, 3.05) is 5.32 Å². The standard InChI is InChI=1S/C20H17ClN4O/c21-17-7-6-16-8-9-24(19(16)10-17)14-20(26)23-18-11-22-25(13-18)12-15-4-2-1-3-5-15/h1-11,13H,12,14H2,(H,23,26). The fourth-order valence-electron chi connectivity index (χ4n) is 2.94. The first kappa shape index (κ1) is 16.4. The van der Waals surface area contributed by atoms with Crippen molar-refractivity contribution in [2.45, 2.75) is 13.1 Å². The number of rotatable bonds is 5. The SMILES string of the molecule is O=C(Cn1ccc2ccc(Cl)cc21)Nc1cnn(Cc2ccccc2)c1. The van der Waals surface area contributed by atoms with Crippen molar-refractivity contribution in [3.05, 3.63) is 83.8 Å². The molecule has 4 rings (SSSR count). The van der Waals surface area contributed by atoms with Gasteiger partial charge >= 0.3 is 0 Å². The highest BCUT2D eigenvalue weighted by Gasteiger charge is 2.08. The van der Waals surface area contributed by atoms with Crippen LogP contribution in [-0.2, 0) is 17.9 Å². The van der Waals surface area contributed by atoms with E-state index in [2.05, 4.69) is 10.4 Å². The Morgan fingerprint density at radius 2 is 1.96 bits per heavy atom. The van der Waals surface area contributed by atoms with Crippen molar-refractivity contribution in [3.8, 4) is 0 Å². The van der Waals surface area contributed by atoms with Gasteiger partial charge in [0.2, 0.25) is 5.91 Å². The Balaban J connectivity index is 1.42. The number of halogens is 1. The van der Waals surface area contributed by atoms with Crippen LogP contribution >= 0.6 is 11.6 Å². The van der Waals surface area contributed by atoms with Crippen LogP contribution in [0.2, 0.25) is 5.02 Å². The lowest BCUT2D eigenvalue weighted by molar-refractivity contribution is -0.116. The lowest BCUT2D eigenvalue weighted by Gasteiger charge is -2.06. The maximum absolute atomic E-state index is 12.4. The second-order valence-corrected chi connectivity index (χ2v) is 6.54. The topological polar surface area (TPSA) is 51.9 Å². The van der Waals surface area contributed by atoms with Crippen LogP contribution < -0.4 is 5.32 Å². The molecule has 2 aromatic carbocycles. The molecular weight excluding hydrogens is 348 g/mol. The van der Waals surface area contributed by atoms with Gasteiger partial charge in [0.15, 0.2) is 0 Å². The number of nitrogens with zero attached hydrogens (tertiary/aromatic N) is 3. The molecule has 1 amide bonds. The fourth-order valence-corrected chi connectivity index (χ4v) is 3.10. The highest BCUT2D eigenvalue weighted by Crippen LogP contribution is 2.20. The summed E-state index contributed by atoms with van der Waals surface area (Å²) >= 11 is 6.06. The molecule has 2 heterocycles. The number of benzene rings is 2. The predicted octanol–water partition coefficient (Wildman–Crippen LogP) is 4.18. The number of anilines is 1. The van der Waals surface area contributed by atoms with E-state index in [1.165, 1.54) is 0 Å². The number of carbonyl (C=O) groups excluding carboxylic acids is 1. The molecule has 1 N–H and O–H groups in total. The molecule has 0 saturated heterocycles. The van der Waals surface area contributed by atoms with Gasteiger partial charge in [0.25, 0.3) is 0 Å². The van der Waals surface area contributed by atoms with Gasteiger partial charge in [-0.1, -0.05) is 48.0 Å². The van der Waals surface area contributed by atoms with Crippen LogP contribution in [0.3, 0.4) is 0 Å². The van der Waals surface area contributed by atoms with Crippen LogP contribution in [0.25, 0.3) is 10.9 Å². The number of hydrogen-bond acceptors (Lipinski definition) is 2. The molecule has 2 aromatic heterocycles. The molecule has 0 atom stereocenters. The number of aromatic nitrogens is 3. The third-order valence-electron chi connectivity index (χ3n) is 4.15. The Hall–Kier alpha value is -3.05. The van der Waals surface area contributed by atoms with E-state index in [0.717, 1.165) is 16.5 Å². The van der Waals surface area contributed by atoms with Crippen LogP contribution in [0.15, 0.2) is 73.2 Å². The van der Waals surface area contributed by atoms with Crippen molar-refractivity contribution in [1.82, 2.24) is 14.3 Å². The van der Waals surface area contributed by atoms with Gasteiger partial charge in [-0.2, -0.15) is 5.10 Å². The van der Waals surface area contributed by atoms with Gasteiger partial charge in [-0.3, -0.25) is 9.48 Å². The lowest BCUT2D eigenvalue weighted by atomic mass is 10.2. The van der Waals surface area contributed by atoms with Crippen molar-refractivity contribution in [2.24, 2.45) is 0 Å². The minimum absolute atomic E-state index is 0.110. The van der Waals surface area contributed by atoms with Gasteiger partial charge in [0.05, 0.1) is 18.4 Å². The van der Waals surface area contributed by atoms with Crippen LogP contribution in [-0.4, -0.2) is 20.3 Å². The summed E-state index contributed by atoms with van der Waals surface area (Å²) in [5.74, 6) is -0.110. The van der Waals surface area contributed by atoms with E-state index in [1.807, 2.05) is 71.6 Å². The van der Waals surface area contributed by atoms with E-state index in [0.29, 0.717) is 17.3 Å². The molecular formula is C20H17ClN4O. The van der Waals surface area contributed by atoms with Crippen LogP contribution in [0, 0.1) is 0 Å². The molecule has 4 aromatic rings. The molecule has 0 spiro atoms. The average Bonchev–Trinajstić information content (AvgIpc) is 3.23. The second-order valence-electron chi connectivity index (χ2n) is 6.11. The Kier molecular flexibility index (Phi) is 4.46. The van der Waals surface area contributed by atoms with E-state index in [1.54, 1.807) is 10.9 Å². The van der Waals surface area contributed by atoms with E-state index >= 15 is 0 Å². The van der Waals surface area contributed by atoms with Gasteiger partial charge in [-0.25, -0.2) is 0 Å². The third-order valence-corrected chi connectivity index (χ3v) is 4.39. The second kappa shape index (κ2) is 7.06. The third kappa shape index (κ3) is 3.63. The predicted molar refractivity (Wildman–Crippen MR) is 103 cm³/mol. The van der Waals surface area contributed by atoms with Crippen LogP contribution in [0.4, 0.5) is 5.69 Å². The Morgan fingerprint density at radius 1 is 1.12 bits per heavy atom. The fraction of sp³-hybridized carbons (Fsp3) is 0.100. The van der Waals surface area contributed by atoms with E-state index < -0.39 is 0 Å². The summed E-state index contributed by atoms with van der Waals surface area (Å²) in [6.45, 7) is 0.880. The Labute approximate surface area is 155 Å². The summed E-state index contributed by atoms with van der Waals surface area (Å²) in [7, 11) is 0. The highest BCUT2D eigenvalue weighted by atomic mass is 35.5. The largest absolute Gasteiger partial charge is 0.338 e.